The predicted octanol–water partition coefficient (Wildman–Crippen LogP) is 5.64. The third-order valence-corrected chi connectivity index (χ3v) is 5.58. The lowest BCUT2D eigenvalue weighted by Crippen LogP contribution is -2.23. The minimum Gasteiger partial charge on any atom is -0.322 e. The lowest BCUT2D eigenvalue weighted by molar-refractivity contribution is 0.607. The number of aromatic amines is 1. The van der Waals surface area contributed by atoms with Gasteiger partial charge in [-0.05, 0) is 66.6 Å². The van der Waals surface area contributed by atoms with Gasteiger partial charge in [-0.25, -0.2) is 0 Å². The van der Waals surface area contributed by atoms with Crippen LogP contribution in [0.1, 0.15) is 30.5 Å². The summed E-state index contributed by atoms with van der Waals surface area (Å²) in [5.41, 5.74) is 2.73. The molecule has 0 radical (unpaired) electrons. The molecule has 1 atom stereocenters. The summed E-state index contributed by atoms with van der Waals surface area (Å²) >= 11 is 7.00. The van der Waals surface area contributed by atoms with Crippen LogP contribution in [0, 0.1) is 11.3 Å². The van der Waals surface area contributed by atoms with Gasteiger partial charge >= 0.3 is 0 Å². The van der Waals surface area contributed by atoms with E-state index in [-0.39, 0.29) is 5.56 Å². The highest BCUT2D eigenvalue weighted by atomic mass is 79.9. The summed E-state index contributed by atoms with van der Waals surface area (Å²) in [5, 5.41) is 10.9. The molecular formula is C21H18Br2N2O. The summed E-state index contributed by atoms with van der Waals surface area (Å²) in [6, 6.07) is 16.3. The first kappa shape index (κ1) is 18.9. The van der Waals surface area contributed by atoms with Gasteiger partial charge in [0.05, 0.1) is 11.5 Å². The van der Waals surface area contributed by atoms with E-state index in [1.54, 1.807) is 0 Å². The first-order valence-corrected chi connectivity index (χ1v) is 9.96. The molecule has 0 fully saturated rings. The average molecular weight is 474 g/mol. The zero-order valence-electron chi connectivity index (χ0n) is 14.6. The van der Waals surface area contributed by atoms with Crippen molar-refractivity contribution in [2.75, 3.05) is 0 Å². The molecule has 0 saturated carbocycles. The van der Waals surface area contributed by atoms with Crippen molar-refractivity contribution in [1.82, 2.24) is 4.98 Å². The van der Waals surface area contributed by atoms with E-state index in [9.17, 15) is 10.1 Å². The van der Waals surface area contributed by atoms with E-state index in [4.69, 9.17) is 0 Å². The molecule has 3 rings (SSSR count). The Morgan fingerprint density at radius 3 is 2.42 bits per heavy atom. The van der Waals surface area contributed by atoms with Gasteiger partial charge < -0.3 is 4.98 Å². The Kier molecular flexibility index (Phi) is 5.36. The Morgan fingerprint density at radius 2 is 1.81 bits per heavy atom. The zero-order chi connectivity index (χ0) is 18.9. The molecule has 0 aliphatic carbocycles. The van der Waals surface area contributed by atoms with Gasteiger partial charge in [-0.15, -0.1) is 0 Å². The fraction of sp³-hybridized carbons (Fsp3) is 0.238. The molecule has 1 unspecified atom stereocenters. The SMILES string of the molecule is CCc1cc2ccc(C(C)(C#N)Cc3cc(Br)cc(Br)c3)cc2[nH]c1=O. The lowest BCUT2D eigenvalue weighted by Gasteiger charge is -2.23. The number of nitrogens with one attached hydrogen (secondary N) is 1. The number of aryl methyl sites for hydroxylation is 1. The van der Waals surface area contributed by atoms with Gasteiger partial charge in [-0.1, -0.05) is 50.9 Å². The molecule has 132 valence electrons. The summed E-state index contributed by atoms with van der Waals surface area (Å²) in [4.78, 5) is 15.1. The number of nitrogens with zero attached hydrogens (tertiary/aromatic N) is 1. The monoisotopic (exact) mass is 472 g/mol. The first-order valence-electron chi connectivity index (χ1n) is 8.37. The van der Waals surface area contributed by atoms with Gasteiger partial charge in [-0.2, -0.15) is 5.26 Å². The van der Waals surface area contributed by atoms with Crippen molar-refractivity contribution in [1.29, 1.82) is 5.26 Å². The summed E-state index contributed by atoms with van der Waals surface area (Å²) in [5.74, 6) is 0. The molecule has 0 aliphatic rings. The Bertz CT molecular complexity index is 1060. The van der Waals surface area contributed by atoms with Crippen molar-refractivity contribution >= 4 is 42.8 Å². The normalized spacial score (nSPS) is 13.3. The number of fused-ring (bicyclic) bond motifs is 1. The van der Waals surface area contributed by atoms with Crippen molar-refractivity contribution in [2.45, 2.75) is 32.1 Å². The summed E-state index contributed by atoms with van der Waals surface area (Å²) < 4.78 is 1.94. The summed E-state index contributed by atoms with van der Waals surface area (Å²) in [6.45, 7) is 3.90. The van der Waals surface area contributed by atoms with Crippen LogP contribution in [0.15, 0.2) is 56.2 Å². The molecule has 1 aromatic heterocycles. The van der Waals surface area contributed by atoms with Crippen LogP contribution in [0.5, 0.6) is 0 Å². The number of rotatable bonds is 4. The minimum absolute atomic E-state index is 0.0632. The maximum atomic E-state index is 12.1. The maximum Gasteiger partial charge on any atom is 0.251 e. The fourth-order valence-electron chi connectivity index (χ4n) is 3.18. The third-order valence-electron chi connectivity index (χ3n) is 4.67. The quantitative estimate of drug-likeness (QED) is 0.533. The van der Waals surface area contributed by atoms with E-state index in [2.05, 4.69) is 42.9 Å². The van der Waals surface area contributed by atoms with Crippen molar-refractivity contribution < 1.29 is 0 Å². The Hall–Kier alpha value is -1.90. The van der Waals surface area contributed by atoms with E-state index in [0.29, 0.717) is 12.8 Å². The Morgan fingerprint density at radius 1 is 1.12 bits per heavy atom. The second kappa shape index (κ2) is 7.38. The second-order valence-electron chi connectivity index (χ2n) is 6.68. The van der Waals surface area contributed by atoms with Gasteiger partial charge in [-0.3, -0.25) is 4.79 Å². The van der Waals surface area contributed by atoms with Crippen LogP contribution in [-0.2, 0) is 18.3 Å². The van der Waals surface area contributed by atoms with Gasteiger partial charge in [0.2, 0.25) is 0 Å². The maximum absolute atomic E-state index is 12.1. The van der Waals surface area contributed by atoms with Gasteiger partial charge in [0, 0.05) is 20.0 Å². The molecule has 3 nitrogen and oxygen atoms in total. The number of hydrogen-bond donors (Lipinski definition) is 1. The minimum atomic E-state index is -0.700. The van der Waals surface area contributed by atoms with Crippen LogP contribution in [0.2, 0.25) is 0 Å². The number of H-pyrrole nitrogens is 1. The highest BCUT2D eigenvalue weighted by Crippen LogP contribution is 2.31. The van der Waals surface area contributed by atoms with Crippen LogP contribution in [0.4, 0.5) is 0 Å². The topological polar surface area (TPSA) is 56.6 Å². The largest absolute Gasteiger partial charge is 0.322 e. The van der Waals surface area contributed by atoms with Crippen molar-refractivity contribution in [3.8, 4) is 6.07 Å². The first-order chi connectivity index (χ1) is 12.3. The molecule has 1 heterocycles. The van der Waals surface area contributed by atoms with Crippen LogP contribution in [0.25, 0.3) is 10.9 Å². The number of pyridine rings is 1. The van der Waals surface area contributed by atoms with E-state index >= 15 is 0 Å². The Balaban J connectivity index is 2.06. The molecule has 0 spiro atoms. The average Bonchev–Trinajstić information content (AvgIpc) is 2.59. The van der Waals surface area contributed by atoms with Crippen molar-refractivity contribution in [3.63, 3.8) is 0 Å². The zero-order valence-corrected chi connectivity index (χ0v) is 17.7. The molecule has 0 saturated heterocycles. The van der Waals surface area contributed by atoms with Gasteiger partial charge in [0.15, 0.2) is 0 Å². The number of nitriles is 1. The van der Waals surface area contributed by atoms with E-state index in [0.717, 1.165) is 36.5 Å². The standard InChI is InChI=1S/C21H18Br2N2O/c1-3-14-8-15-4-5-16(9-19(15)25-20(14)26)21(2,12-24)11-13-6-17(22)10-18(23)7-13/h4-10H,3,11H2,1-2H3,(H,25,26). The summed E-state index contributed by atoms with van der Waals surface area (Å²) in [6.07, 6.45) is 1.27. The molecule has 26 heavy (non-hydrogen) atoms. The number of benzene rings is 2. The van der Waals surface area contributed by atoms with Crippen molar-refractivity contribution in [2.24, 2.45) is 0 Å². The van der Waals surface area contributed by atoms with Crippen LogP contribution >= 0.6 is 31.9 Å². The number of hydrogen-bond acceptors (Lipinski definition) is 2. The number of halogens is 2. The van der Waals surface area contributed by atoms with Gasteiger partial charge in [0.1, 0.15) is 0 Å². The predicted molar refractivity (Wildman–Crippen MR) is 112 cm³/mol. The van der Waals surface area contributed by atoms with Crippen LogP contribution in [-0.4, -0.2) is 4.98 Å². The van der Waals surface area contributed by atoms with Crippen LogP contribution in [0.3, 0.4) is 0 Å². The van der Waals surface area contributed by atoms with E-state index < -0.39 is 5.41 Å². The molecule has 0 amide bonds. The smallest absolute Gasteiger partial charge is 0.251 e. The molecule has 2 aromatic carbocycles. The molecule has 0 aliphatic heterocycles. The molecule has 1 N–H and O–H groups in total. The molecule has 5 heteroatoms. The van der Waals surface area contributed by atoms with Crippen molar-refractivity contribution in [3.05, 3.63) is 78.5 Å². The lowest BCUT2D eigenvalue weighted by atomic mass is 9.78. The van der Waals surface area contributed by atoms with E-state index in [1.807, 2.05) is 56.3 Å². The van der Waals surface area contributed by atoms with Crippen LogP contribution < -0.4 is 5.56 Å². The fourth-order valence-corrected chi connectivity index (χ4v) is 4.57. The summed E-state index contributed by atoms with van der Waals surface area (Å²) in [7, 11) is 0. The molecular weight excluding hydrogens is 456 g/mol. The third kappa shape index (κ3) is 3.77. The highest BCUT2D eigenvalue weighted by Gasteiger charge is 2.27. The molecule has 0 bridgehead atoms. The second-order valence-corrected chi connectivity index (χ2v) is 8.51. The van der Waals surface area contributed by atoms with Gasteiger partial charge in [0.25, 0.3) is 5.56 Å². The highest BCUT2D eigenvalue weighted by molar-refractivity contribution is 9.11. The Labute approximate surface area is 169 Å². The number of aromatic nitrogens is 1. The molecule has 3 aromatic rings. The van der Waals surface area contributed by atoms with E-state index in [1.165, 1.54) is 0 Å².